The summed E-state index contributed by atoms with van der Waals surface area (Å²) in [6.45, 7) is 5.95. The molecule has 0 saturated carbocycles. The lowest BCUT2D eigenvalue weighted by Crippen LogP contribution is -2.58. The number of aromatic carboxylic acids is 1. The summed E-state index contributed by atoms with van der Waals surface area (Å²) in [4.78, 5) is 31.2. The number of ether oxygens (including phenoxy) is 1. The molecule has 0 unspecified atom stereocenters. The number of rotatable bonds is 6. The van der Waals surface area contributed by atoms with Gasteiger partial charge in [-0.1, -0.05) is 12.1 Å². The van der Waals surface area contributed by atoms with Crippen LogP contribution in [0.4, 0.5) is 4.39 Å². The van der Waals surface area contributed by atoms with Gasteiger partial charge in [-0.15, -0.1) is 0 Å². The Morgan fingerprint density at radius 3 is 2.59 bits per heavy atom. The number of nitrogens with zero attached hydrogens (tertiary/aromatic N) is 2. The van der Waals surface area contributed by atoms with Crippen LogP contribution in [0, 0.1) is 5.82 Å². The zero-order chi connectivity index (χ0) is 22.8. The van der Waals surface area contributed by atoms with Crippen LogP contribution < -0.4 is 4.74 Å². The Hall–Kier alpha value is -3.39. The Morgan fingerprint density at radius 2 is 1.88 bits per heavy atom. The largest absolute Gasteiger partial charge is 0.484 e. The first-order valence-corrected chi connectivity index (χ1v) is 10.6. The number of carboxylic acid groups (broad SMARTS) is 1. The average molecular weight is 439 g/mol. The van der Waals surface area contributed by atoms with E-state index in [1.807, 2.05) is 11.8 Å². The van der Waals surface area contributed by atoms with Gasteiger partial charge in [-0.25, -0.2) is 9.18 Å². The van der Waals surface area contributed by atoms with Gasteiger partial charge in [-0.3, -0.25) is 9.69 Å². The number of carbonyl (C=O) groups is 2. The maximum Gasteiger partial charge on any atom is 0.337 e. The Labute approximate surface area is 185 Å². The molecule has 8 heteroatoms. The van der Waals surface area contributed by atoms with Gasteiger partial charge < -0.3 is 19.7 Å². The van der Waals surface area contributed by atoms with Crippen molar-refractivity contribution in [2.75, 3.05) is 19.7 Å². The van der Waals surface area contributed by atoms with Crippen molar-refractivity contribution in [3.05, 3.63) is 65.6 Å². The first-order chi connectivity index (χ1) is 15.3. The molecule has 0 radical (unpaired) electrons. The molecule has 1 aliphatic heterocycles. The van der Waals surface area contributed by atoms with Gasteiger partial charge in [0.15, 0.2) is 6.61 Å². The Kier molecular flexibility index (Phi) is 6.14. The molecule has 4 rings (SSSR count). The molecule has 1 fully saturated rings. The lowest BCUT2D eigenvalue weighted by atomic mass is 10.1. The molecule has 0 bridgehead atoms. The highest BCUT2D eigenvalue weighted by Gasteiger charge is 2.32. The van der Waals surface area contributed by atoms with Crippen molar-refractivity contribution < 1.29 is 23.8 Å². The standard InChI is InChI=1S/C24H26FN3O4/c1-15-12-28(16(2)11-27(15)13-17-3-5-18(25)6-4-17)23(29)14-32-19-7-8-22-20(9-19)21(10-26-22)24(30)31/h3-10,15-16,26H,11-14H2,1-2H3,(H,30,31)/t15-,16+/m1/s1. The van der Waals surface area contributed by atoms with E-state index >= 15 is 0 Å². The van der Waals surface area contributed by atoms with Crippen molar-refractivity contribution in [3.63, 3.8) is 0 Å². The molecule has 0 aliphatic carbocycles. The number of amides is 1. The number of H-pyrrole nitrogens is 1. The molecule has 1 amide bonds. The fourth-order valence-electron chi connectivity index (χ4n) is 4.18. The van der Waals surface area contributed by atoms with Crippen LogP contribution in [0.5, 0.6) is 5.75 Å². The quantitative estimate of drug-likeness (QED) is 0.614. The van der Waals surface area contributed by atoms with Crippen molar-refractivity contribution in [1.82, 2.24) is 14.8 Å². The fourth-order valence-corrected chi connectivity index (χ4v) is 4.18. The molecular formula is C24H26FN3O4. The number of hydrogen-bond acceptors (Lipinski definition) is 4. The summed E-state index contributed by atoms with van der Waals surface area (Å²) in [5.74, 6) is -0.937. The lowest BCUT2D eigenvalue weighted by Gasteiger charge is -2.44. The van der Waals surface area contributed by atoms with Crippen LogP contribution in [-0.2, 0) is 11.3 Å². The summed E-state index contributed by atoms with van der Waals surface area (Å²) in [5, 5.41) is 9.83. The second-order valence-electron chi connectivity index (χ2n) is 8.30. The van der Waals surface area contributed by atoms with E-state index in [2.05, 4.69) is 16.8 Å². The molecule has 2 aromatic carbocycles. The highest BCUT2D eigenvalue weighted by atomic mass is 19.1. The van der Waals surface area contributed by atoms with Crippen LogP contribution in [0.25, 0.3) is 10.9 Å². The Balaban J connectivity index is 1.36. The number of aromatic nitrogens is 1. The molecule has 1 saturated heterocycles. The minimum atomic E-state index is -1.02. The van der Waals surface area contributed by atoms with Gasteiger partial charge in [0, 0.05) is 48.8 Å². The van der Waals surface area contributed by atoms with Gasteiger partial charge in [-0.05, 0) is 49.7 Å². The van der Waals surface area contributed by atoms with E-state index in [1.165, 1.54) is 18.3 Å². The lowest BCUT2D eigenvalue weighted by molar-refractivity contribution is -0.139. The second-order valence-corrected chi connectivity index (χ2v) is 8.30. The van der Waals surface area contributed by atoms with Gasteiger partial charge in [0.1, 0.15) is 11.6 Å². The number of halogens is 1. The van der Waals surface area contributed by atoms with Crippen molar-refractivity contribution in [3.8, 4) is 5.75 Å². The van der Waals surface area contributed by atoms with E-state index in [0.717, 1.165) is 5.56 Å². The summed E-state index contributed by atoms with van der Waals surface area (Å²) in [6, 6.07) is 11.7. The highest BCUT2D eigenvalue weighted by Crippen LogP contribution is 2.24. The molecule has 2 N–H and O–H groups in total. The third-order valence-electron chi connectivity index (χ3n) is 5.98. The van der Waals surface area contributed by atoms with E-state index in [9.17, 15) is 19.1 Å². The molecule has 0 spiro atoms. The molecule has 168 valence electrons. The van der Waals surface area contributed by atoms with Crippen molar-refractivity contribution in [1.29, 1.82) is 0 Å². The van der Waals surface area contributed by atoms with E-state index in [4.69, 9.17) is 4.74 Å². The summed E-state index contributed by atoms with van der Waals surface area (Å²) >= 11 is 0. The first-order valence-electron chi connectivity index (χ1n) is 10.6. The topological polar surface area (TPSA) is 85.9 Å². The van der Waals surface area contributed by atoms with Crippen LogP contribution in [0.3, 0.4) is 0 Å². The van der Waals surface area contributed by atoms with Crippen LogP contribution >= 0.6 is 0 Å². The van der Waals surface area contributed by atoms with Crippen molar-refractivity contribution >= 4 is 22.8 Å². The van der Waals surface area contributed by atoms with Crippen LogP contribution in [0.15, 0.2) is 48.7 Å². The molecule has 1 aromatic heterocycles. The fraction of sp³-hybridized carbons (Fsp3) is 0.333. The summed E-state index contributed by atoms with van der Waals surface area (Å²) < 4.78 is 18.9. The summed E-state index contributed by atoms with van der Waals surface area (Å²) in [6.07, 6.45) is 1.44. The molecular weight excluding hydrogens is 413 g/mol. The normalized spacial score (nSPS) is 19.3. The maximum absolute atomic E-state index is 13.2. The Morgan fingerprint density at radius 1 is 1.12 bits per heavy atom. The number of hydrogen-bond donors (Lipinski definition) is 2. The summed E-state index contributed by atoms with van der Waals surface area (Å²) in [5.41, 5.74) is 1.90. The van der Waals surface area contributed by atoms with E-state index < -0.39 is 5.97 Å². The third-order valence-corrected chi connectivity index (χ3v) is 5.98. The zero-order valence-electron chi connectivity index (χ0n) is 18.0. The number of benzene rings is 2. The number of carbonyl (C=O) groups excluding carboxylic acids is 1. The van der Waals surface area contributed by atoms with Crippen molar-refractivity contribution in [2.45, 2.75) is 32.5 Å². The Bertz CT molecular complexity index is 1130. The second kappa shape index (κ2) is 9.00. The molecule has 3 aromatic rings. The van der Waals surface area contributed by atoms with E-state index in [1.54, 1.807) is 30.3 Å². The van der Waals surface area contributed by atoms with Gasteiger partial charge in [0.05, 0.1) is 5.56 Å². The van der Waals surface area contributed by atoms with Gasteiger partial charge in [0.2, 0.25) is 0 Å². The zero-order valence-corrected chi connectivity index (χ0v) is 18.0. The van der Waals surface area contributed by atoms with Crippen LogP contribution in [0.1, 0.15) is 29.8 Å². The maximum atomic E-state index is 13.2. The SMILES string of the molecule is C[C@@H]1CN(C(=O)COc2ccc3[nH]cc(C(=O)O)c3c2)[C@@H](C)CN1Cc1ccc(F)cc1. The van der Waals surface area contributed by atoms with Gasteiger partial charge in [0.25, 0.3) is 5.91 Å². The number of carboxylic acids is 1. The third kappa shape index (κ3) is 4.60. The molecule has 2 heterocycles. The monoisotopic (exact) mass is 439 g/mol. The first kappa shape index (κ1) is 21.8. The summed E-state index contributed by atoms with van der Waals surface area (Å²) in [7, 11) is 0. The number of piperazine rings is 1. The molecule has 32 heavy (non-hydrogen) atoms. The predicted octanol–water partition coefficient (Wildman–Crippen LogP) is 3.51. The predicted molar refractivity (Wildman–Crippen MR) is 118 cm³/mol. The number of nitrogens with one attached hydrogen (secondary N) is 1. The molecule has 2 atom stereocenters. The van der Waals surface area contributed by atoms with Crippen LogP contribution in [0.2, 0.25) is 0 Å². The van der Waals surface area contributed by atoms with E-state index in [0.29, 0.717) is 36.3 Å². The van der Waals surface area contributed by atoms with Gasteiger partial charge >= 0.3 is 5.97 Å². The molecule has 7 nitrogen and oxygen atoms in total. The minimum Gasteiger partial charge on any atom is -0.484 e. The molecule has 1 aliphatic rings. The number of fused-ring (bicyclic) bond motifs is 1. The number of aromatic amines is 1. The van der Waals surface area contributed by atoms with Crippen molar-refractivity contribution in [2.24, 2.45) is 0 Å². The van der Waals surface area contributed by atoms with E-state index in [-0.39, 0.29) is 36.0 Å². The smallest absolute Gasteiger partial charge is 0.337 e. The highest BCUT2D eigenvalue weighted by molar-refractivity contribution is 6.03. The van der Waals surface area contributed by atoms with Crippen LogP contribution in [-0.4, -0.2) is 63.5 Å². The average Bonchev–Trinajstić information content (AvgIpc) is 3.19. The minimum absolute atomic E-state index is 0.00788. The van der Waals surface area contributed by atoms with Gasteiger partial charge in [-0.2, -0.15) is 0 Å².